The van der Waals surface area contributed by atoms with Gasteiger partial charge in [0.2, 0.25) is 5.91 Å². The number of benzene rings is 2. The monoisotopic (exact) mass is 594 g/mol. The molecule has 0 bridgehead atoms. The number of carbonyl (C=O) groups is 2. The predicted octanol–water partition coefficient (Wildman–Crippen LogP) is 2.66. The summed E-state index contributed by atoms with van der Waals surface area (Å²) in [7, 11) is -1.64. The van der Waals surface area contributed by atoms with Crippen molar-refractivity contribution in [3.05, 3.63) is 112 Å². The molecule has 1 aliphatic heterocycles. The van der Waals surface area contributed by atoms with Crippen LogP contribution in [-0.2, 0) is 11.3 Å². The van der Waals surface area contributed by atoms with Gasteiger partial charge in [0.05, 0.1) is 0 Å². The number of pyridine rings is 1. The number of likely N-dealkylation sites (tertiary alicyclic amines) is 1. The summed E-state index contributed by atoms with van der Waals surface area (Å²) in [6, 6.07) is 19.6. The largest absolute Gasteiger partial charge is 0.488 e. The highest BCUT2D eigenvalue weighted by molar-refractivity contribution is 6.58. The maximum absolute atomic E-state index is 12.6. The molecule has 0 radical (unpaired) electrons. The zero-order valence-corrected chi connectivity index (χ0v) is 24.6. The molecule has 2 aromatic carbocycles. The Morgan fingerprint density at radius 1 is 1.02 bits per heavy atom. The number of nitrogens with zero attached hydrogens (tertiary/aromatic N) is 2. The maximum Gasteiger partial charge on any atom is 0.488 e. The lowest BCUT2D eigenvalue weighted by molar-refractivity contribution is -0.688. The van der Waals surface area contributed by atoms with Crippen molar-refractivity contribution in [3.63, 3.8) is 0 Å². The number of carbonyl (C=O) groups excluding carboxylic acids is 2. The number of fused-ring (bicyclic) bond motifs is 1. The molecule has 3 heterocycles. The van der Waals surface area contributed by atoms with E-state index in [0.717, 1.165) is 56.3 Å². The van der Waals surface area contributed by atoms with Crippen LogP contribution < -0.4 is 21.0 Å². The van der Waals surface area contributed by atoms with E-state index >= 15 is 0 Å². The molecule has 0 aliphatic carbocycles. The number of amides is 2. The Hall–Kier alpha value is -4.54. The summed E-state index contributed by atoms with van der Waals surface area (Å²) < 4.78 is 7.25. The van der Waals surface area contributed by atoms with Gasteiger partial charge in [0.1, 0.15) is 11.1 Å². The van der Waals surface area contributed by atoms with Crippen molar-refractivity contribution in [3.8, 4) is 0 Å². The fraction of sp³-hybridized carbons (Fsp3) is 0.294. The zero-order valence-electron chi connectivity index (χ0n) is 24.6. The first kappa shape index (κ1) is 30.9. The van der Waals surface area contributed by atoms with Gasteiger partial charge < -0.3 is 24.7 Å². The Bertz CT molecular complexity index is 1680. The Kier molecular flexibility index (Phi) is 10.4. The van der Waals surface area contributed by atoms with E-state index in [0.29, 0.717) is 23.4 Å². The first-order valence-electron chi connectivity index (χ1n) is 15.1. The third kappa shape index (κ3) is 8.30. The number of nitrogens with one attached hydrogen (secondary N) is 1. The van der Waals surface area contributed by atoms with Crippen LogP contribution in [0, 0.1) is 5.92 Å². The number of aromatic nitrogens is 1. The third-order valence-corrected chi connectivity index (χ3v) is 8.05. The van der Waals surface area contributed by atoms with Crippen LogP contribution in [0.1, 0.15) is 53.6 Å². The molecule has 0 saturated carbocycles. The van der Waals surface area contributed by atoms with Crippen molar-refractivity contribution in [2.45, 2.75) is 38.6 Å². The van der Waals surface area contributed by atoms with Gasteiger partial charge in [-0.15, -0.1) is 0 Å². The van der Waals surface area contributed by atoms with E-state index in [-0.39, 0.29) is 29.4 Å². The van der Waals surface area contributed by atoms with Crippen LogP contribution in [0.15, 0.2) is 94.4 Å². The molecule has 5 rings (SSSR count). The average Bonchev–Trinajstić information content (AvgIpc) is 3.04. The standard InChI is InChI=1S/C34H36BN3O6/c39-32(36-17-5-4-7-25-15-19-38(20-16-25)33(40)27-9-2-1-3-10-27)14-11-26-8-6-18-37(23-26)24-29-21-28-12-13-30(35(42)43)22-31(28)44-34(29)41/h1-3,6,8-14,18,21-23,25,42-43H,4-5,7,15-17,19-20,24H2/p+1/b14-11+. The minimum atomic E-state index is -1.64. The molecule has 10 heteroatoms. The number of rotatable bonds is 11. The molecule has 2 aromatic heterocycles. The first-order chi connectivity index (χ1) is 21.4. The Morgan fingerprint density at radius 3 is 2.59 bits per heavy atom. The summed E-state index contributed by atoms with van der Waals surface area (Å²) in [4.78, 5) is 39.5. The van der Waals surface area contributed by atoms with Crippen LogP contribution in [0.4, 0.5) is 0 Å². The lowest BCUT2D eigenvalue weighted by Gasteiger charge is -2.32. The van der Waals surface area contributed by atoms with Crippen molar-refractivity contribution in [2.75, 3.05) is 19.6 Å². The highest BCUT2D eigenvalue weighted by Crippen LogP contribution is 2.23. The fourth-order valence-corrected chi connectivity index (χ4v) is 5.57. The summed E-state index contributed by atoms with van der Waals surface area (Å²) in [5.74, 6) is 0.573. The zero-order chi connectivity index (χ0) is 30.9. The molecule has 3 N–H and O–H groups in total. The second kappa shape index (κ2) is 14.8. The van der Waals surface area contributed by atoms with E-state index in [1.54, 1.807) is 24.3 Å². The third-order valence-electron chi connectivity index (χ3n) is 8.05. The van der Waals surface area contributed by atoms with Crippen LogP contribution in [-0.4, -0.2) is 53.5 Å². The minimum Gasteiger partial charge on any atom is -0.423 e. The van der Waals surface area contributed by atoms with Gasteiger partial charge in [-0.3, -0.25) is 9.59 Å². The van der Waals surface area contributed by atoms with Crippen molar-refractivity contribution in [1.82, 2.24) is 10.2 Å². The first-order valence-corrected chi connectivity index (χ1v) is 15.1. The average molecular weight is 594 g/mol. The summed E-state index contributed by atoms with van der Waals surface area (Å²) in [5.41, 5.74) is 2.04. The number of hydrogen-bond acceptors (Lipinski definition) is 6. The van der Waals surface area contributed by atoms with E-state index in [2.05, 4.69) is 5.32 Å². The Balaban J connectivity index is 1.03. The number of unbranched alkanes of at least 4 members (excludes halogenated alkanes) is 1. The van der Waals surface area contributed by atoms with Gasteiger partial charge in [0, 0.05) is 48.3 Å². The number of hydrogen-bond donors (Lipinski definition) is 3. The van der Waals surface area contributed by atoms with Gasteiger partial charge >= 0.3 is 12.7 Å². The molecular formula is C34H37BN3O6+. The van der Waals surface area contributed by atoms with Gasteiger partial charge in [0.25, 0.3) is 5.91 Å². The second-order valence-corrected chi connectivity index (χ2v) is 11.3. The summed E-state index contributed by atoms with van der Waals surface area (Å²) in [6.45, 7) is 2.48. The molecule has 4 aromatic rings. The van der Waals surface area contributed by atoms with Crippen molar-refractivity contribution in [1.29, 1.82) is 0 Å². The second-order valence-electron chi connectivity index (χ2n) is 11.3. The summed E-state index contributed by atoms with van der Waals surface area (Å²) in [5, 5.41) is 22.3. The Morgan fingerprint density at radius 2 is 1.82 bits per heavy atom. The van der Waals surface area contributed by atoms with E-state index in [1.807, 2.05) is 64.3 Å². The van der Waals surface area contributed by atoms with Crippen molar-refractivity contribution >= 4 is 41.4 Å². The van der Waals surface area contributed by atoms with E-state index in [9.17, 15) is 24.4 Å². The molecule has 1 saturated heterocycles. The molecule has 44 heavy (non-hydrogen) atoms. The summed E-state index contributed by atoms with van der Waals surface area (Å²) in [6.07, 6.45) is 12.0. The van der Waals surface area contributed by atoms with E-state index in [1.165, 1.54) is 12.1 Å². The number of piperidine rings is 1. The fourth-order valence-electron chi connectivity index (χ4n) is 5.57. The summed E-state index contributed by atoms with van der Waals surface area (Å²) >= 11 is 0. The molecule has 9 nitrogen and oxygen atoms in total. The van der Waals surface area contributed by atoms with Gasteiger partial charge in [-0.2, -0.15) is 4.57 Å². The highest BCUT2D eigenvalue weighted by Gasteiger charge is 2.23. The predicted molar refractivity (Wildman–Crippen MR) is 169 cm³/mol. The van der Waals surface area contributed by atoms with Gasteiger partial charge in [-0.1, -0.05) is 43.2 Å². The minimum absolute atomic E-state index is 0.115. The maximum atomic E-state index is 12.6. The smallest absolute Gasteiger partial charge is 0.423 e. The molecule has 1 aliphatic rings. The van der Waals surface area contributed by atoms with Gasteiger partial charge in [-0.25, -0.2) is 4.79 Å². The SMILES string of the molecule is O=C(/C=C/c1ccc[n+](Cc2cc3ccc(B(O)O)cc3oc2=O)c1)NCCCCC1CCN(C(=O)c2ccccc2)CC1. The van der Waals surface area contributed by atoms with E-state index < -0.39 is 12.7 Å². The van der Waals surface area contributed by atoms with Crippen LogP contribution in [0.25, 0.3) is 17.0 Å². The molecule has 1 fully saturated rings. The van der Waals surface area contributed by atoms with Crippen molar-refractivity contribution in [2.24, 2.45) is 5.92 Å². The normalized spacial score (nSPS) is 13.8. The van der Waals surface area contributed by atoms with Gasteiger partial charge in [0.15, 0.2) is 18.9 Å². The lowest BCUT2D eigenvalue weighted by Crippen LogP contribution is -2.38. The van der Waals surface area contributed by atoms with Crippen LogP contribution in [0.2, 0.25) is 0 Å². The van der Waals surface area contributed by atoms with Crippen LogP contribution >= 0.6 is 0 Å². The molecule has 0 atom stereocenters. The Labute approximate surface area is 256 Å². The highest BCUT2D eigenvalue weighted by atomic mass is 16.4. The molecule has 226 valence electrons. The van der Waals surface area contributed by atoms with E-state index in [4.69, 9.17) is 4.42 Å². The van der Waals surface area contributed by atoms with Crippen LogP contribution in [0.3, 0.4) is 0 Å². The molecule has 0 spiro atoms. The molecule has 2 amide bonds. The van der Waals surface area contributed by atoms with Crippen molar-refractivity contribution < 1.29 is 28.6 Å². The lowest BCUT2D eigenvalue weighted by atomic mass is 9.80. The molecular weight excluding hydrogens is 557 g/mol. The quantitative estimate of drug-likeness (QED) is 0.0807. The molecule has 0 unspecified atom stereocenters. The van der Waals surface area contributed by atoms with Gasteiger partial charge in [-0.05, 0) is 67.1 Å². The topological polar surface area (TPSA) is 124 Å². The van der Waals surface area contributed by atoms with Crippen LogP contribution in [0.5, 0.6) is 0 Å².